The van der Waals surface area contributed by atoms with Crippen LogP contribution in [-0.4, -0.2) is 43.2 Å². The van der Waals surface area contributed by atoms with Gasteiger partial charge in [0.15, 0.2) is 0 Å². The Bertz CT molecular complexity index is 7540. The number of pyridine rings is 5. The summed E-state index contributed by atoms with van der Waals surface area (Å²) < 4.78 is 73.8. The van der Waals surface area contributed by atoms with Crippen molar-refractivity contribution in [2.45, 2.75) is 221 Å². The lowest BCUT2D eigenvalue weighted by Crippen LogP contribution is -2.19. The highest BCUT2D eigenvalue weighted by Gasteiger charge is 2.30. The van der Waals surface area contributed by atoms with E-state index in [1.165, 1.54) is 76.5 Å². The number of rotatable bonds is 9. The van der Waals surface area contributed by atoms with Gasteiger partial charge in [-0.05, 0) is 170 Å². The summed E-state index contributed by atoms with van der Waals surface area (Å²) in [6.07, 6.45) is 3.56. The summed E-state index contributed by atoms with van der Waals surface area (Å²) in [5.41, 5.74) is 21.4. The summed E-state index contributed by atoms with van der Waals surface area (Å²) in [5, 5.41) is 9.75. The molecule has 0 saturated heterocycles. The molecule has 0 unspecified atom stereocenters. The molecule has 133 heavy (non-hydrogen) atoms. The Labute approximate surface area is 805 Å². The van der Waals surface area contributed by atoms with Gasteiger partial charge in [0, 0.05) is 94.5 Å². The first kappa shape index (κ1) is 88.6. The molecule has 0 spiro atoms. The van der Waals surface area contributed by atoms with Crippen LogP contribution in [0.4, 0.5) is 0 Å². The first-order valence-corrected chi connectivity index (χ1v) is 44.5. The van der Waals surface area contributed by atoms with E-state index in [1.807, 2.05) is 189 Å². The van der Waals surface area contributed by atoms with Crippen molar-refractivity contribution in [3.63, 3.8) is 0 Å². The zero-order valence-electron chi connectivity index (χ0n) is 85.4. The third-order valence-electron chi connectivity index (χ3n) is 24.0. The molecule has 9 heterocycles. The van der Waals surface area contributed by atoms with Crippen molar-refractivity contribution in [2.24, 2.45) is 0 Å². The van der Waals surface area contributed by atoms with Crippen molar-refractivity contribution >= 4 is 87.2 Å². The minimum Gasteiger partial charge on any atom is -0.294 e. The number of benzene rings is 11. The fourth-order valence-electron chi connectivity index (χ4n) is 18.1. The summed E-state index contributed by atoms with van der Waals surface area (Å²) in [6, 6.07) is 113. The van der Waals surface area contributed by atoms with E-state index in [1.54, 1.807) is 12.4 Å². The van der Waals surface area contributed by atoms with Gasteiger partial charge in [-0.25, -0.2) is 15.0 Å². The van der Waals surface area contributed by atoms with Crippen molar-refractivity contribution < 1.29 is 11.0 Å². The fourth-order valence-corrected chi connectivity index (χ4v) is 18.1. The van der Waals surface area contributed by atoms with Gasteiger partial charge in [-0.2, -0.15) is 0 Å². The SMILES string of the molecule is C.C.C.C.C.CC(C)(C)c1ccc(-n2c3ccccc3c3ccccc32)nc1-c1ccccc1.CC(C)(C)c1ccc(-n2c3ccccc3c3ccccc32)nc1-n1c2ccccc2c2ccccc21.[2H]C(C)(C)c1cncc(C([2H])(C)C)c1C(C)(C)C.[2H]C([2H])([2H])c1nc(-c2ccccc2)cc(-c2ccccc2)c1C(C)(C)C.[2H]C([2H])([2H])c1nc(-n2c3ccccc3c3ccccc32)ccc1C(C)(C)C. The van der Waals surface area contributed by atoms with Crippen molar-refractivity contribution in [3.8, 4) is 56.9 Å². The van der Waals surface area contributed by atoms with Crippen LogP contribution in [0.3, 0.4) is 0 Å². The Morgan fingerprint density at radius 3 is 0.872 bits per heavy atom. The number of nitrogens with zero attached hydrogens (tertiary/aromatic N) is 9. The van der Waals surface area contributed by atoms with Gasteiger partial charge in [-0.3, -0.25) is 28.2 Å². The molecule has 0 bridgehead atoms. The Morgan fingerprint density at radius 1 is 0.263 bits per heavy atom. The molecule has 0 atom stereocenters. The van der Waals surface area contributed by atoms with E-state index < -0.39 is 25.5 Å². The van der Waals surface area contributed by atoms with Gasteiger partial charge in [0.25, 0.3) is 0 Å². The first-order chi connectivity index (χ1) is 64.3. The molecule has 0 amide bonds. The largest absolute Gasteiger partial charge is 0.294 e. The highest BCUT2D eigenvalue weighted by Crippen LogP contribution is 2.44. The van der Waals surface area contributed by atoms with E-state index in [-0.39, 0.29) is 75.6 Å². The monoisotopic (exact) mass is 1760 g/mol. The van der Waals surface area contributed by atoms with Crippen LogP contribution in [0.15, 0.2) is 340 Å². The van der Waals surface area contributed by atoms with Gasteiger partial charge < -0.3 is 0 Å². The molecule has 20 aromatic rings. The third-order valence-corrected chi connectivity index (χ3v) is 24.0. The van der Waals surface area contributed by atoms with Crippen LogP contribution < -0.4 is 0 Å². The quantitative estimate of drug-likeness (QED) is 0.144. The topological polar surface area (TPSA) is 84.2 Å². The number of para-hydroxylation sites is 8. The molecule has 0 aliphatic heterocycles. The van der Waals surface area contributed by atoms with E-state index >= 15 is 0 Å². The van der Waals surface area contributed by atoms with E-state index in [2.05, 4.69) is 303 Å². The maximum atomic E-state index is 8.29. The molecule has 0 N–H and O–H groups in total. The van der Waals surface area contributed by atoms with Crippen LogP contribution in [0, 0.1) is 13.7 Å². The number of aromatic nitrogens is 9. The van der Waals surface area contributed by atoms with E-state index in [0.717, 1.165) is 95.0 Å². The lowest BCUT2D eigenvalue weighted by atomic mass is 9.77. The van der Waals surface area contributed by atoms with Crippen molar-refractivity contribution in [1.29, 1.82) is 0 Å². The Balaban J connectivity index is 0.000000170. The Morgan fingerprint density at radius 2 is 0.549 bits per heavy atom. The average molecular weight is 1770 g/mol. The van der Waals surface area contributed by atoms with E-state index in [4.69, 9.17) is 20.9 Å². The second kappa shape index (κ2) is 40.6. The molecule has 0 aliphatic carbocycles. The third kappa shape index (κ3) is 20.2. The summed E-state index contributed by atoms with van der Waals surface area (Å²) >= 11 is 0. The van der Waals surface area contributed by atoms with Crippen LogP contribution in [0.5, 0.6) is 0 Å². The molecule has 0 fully saturated rings. The summed E-state index contributed by atoms with van der Waals surface area (Å²) in [5.74, 6) is 2.10. The van der Waals surface area contributed by atoms with Gasteiger partial charge in [0.05, 0.1) is 55.5 Å². The molecule has 0 radical (unpaired) electrons. The molecule has 20 rings (SSSR count). The molecule has 9 nitrogen and oxygen atoms in total. The minimum absolute atomic E-state index is 0. The smallest absolute Gasteiger partial charge is 0.143 e. The molecular weight excluding hydrogens is 1620 g/mol. The maximum Gasteiger partial charge on any atom is 0.143 e. The standard InChI is InChI=1S/C33H27N3.C27H24N2.C22H22N2.C22H23N.C15H25N.5CH4/c1-33(2,3)26-20-21-31(35-27-16-8-4-12-22(27)23-13-5-9-17-28(23)35)34-32(26)36-29-18-10-6-14-24(29)25-15-7-11-19-30(25)36;1-27(2,3)22-17-18-25(28-26(22)19-11-5-4-6-12-19)29-23-15-9-7-13-20(23)21-14-8-10-16-24(21)29;1-15-18(22(2,3)4)13-14-21(23-15)24-19-11-7-5-9-16(19)17-10-6-8-12-20(17)24;1-16-21(22(2,3)4)19(17-11-7-5-8-12-17)15-20(23-16)18-13-9-6-10-14-18;1-10(2)12-8-16-9-13(11(3)4)14(12)15(5,6)7;;;;;/h4-21H,1-3H3;4-18H,1-3H3;5-14H,1-4H3;5-15H,1-4H3;8-11H,1-7H3;5*1H4/i;;2*1D3;10D,11D;;;;;. The lowest BCUT2D eigenvalue weighted by Gasteiger charge is -2.29. The van der Waals surface area contributed by atoms with Crippen LogP contribution in [0.1, 0.15) is 242 Å². The molecular formula is C124H141N9. The normalized spacial score (nSPS) is 12.9. The van der Waals surface area contributed by atoms with E-state index in [0.29, 0.717) is 11.5 Å². The highest BCUT2D eigenvalue weighted by atomic mass is 15.1. The molecule has 0 saturated carbocycles. The minimum atomic E-state index is -2.28. The van der Waals surface area contributed by atoms with Gasteiger partial charge >= 0.3 is 0 Å². The number of fused-ring (bicyclic) bond motifs is 12. The molecule has 682 valence electrons. The second-order valence-electron chi connectivity index (χ2n) is 38.9. The van der Waals surface area contributed by atoms with Crippen LogP contribution in [0.25, 0.3) is 144 Å². The zero-order chi connectivity index (χ0) is 97.2. The van der Waals surface area contributed by atoms with Crippen molar-refractivity contribution in [2.75, 3.05) is 0 Å². The van der Waals surface area contributed by atoms with E-state index in [9.17, 15) is 0 Å². The maximum absolute atomic E-state index is 8.29. The van der Waals surface area contributed by atoms with Crippen LogP contribution >= 0.6 is 0 Å². The van der Waals surface area contributed by atoms with Gasteiger partial charge in [0.2, 0.25) is 0 Å². The van der Waals surface area contributed by atoms with Gasteiger partial charge in [-0.1, -0.05) is 423 Å². The predicted octanol–water partition coefficient (Wildman–Crippen LogP) is 35.3. The van der Waals surface area contributed by atoms with Gasteiger partial charge in [-0.15, -0.1) is 0 Å². The Kier molecular flexibility index (Phi) is 27.1. The van der Waals surface area contributed by atoms with Crippen molar-refractivity contribution in [3.05, 3.63) is 390 Å². The van der Waals surface area contributed by atoms with Crippen molar-refractivity contribution in [1.82, 2.24) is 43.2 Å². The van der Waals surface area contributed by atoms with Crippen LogP contribution in [0.2, 0.25) is 0 Å². The van der Waals surface area contributed by atoms with Gasteiger partial charge in [0.1, 0.15) is 23.3 Å². The predicted molar refractivity (Wildman–Crippen MR) is 580 cm³/mol. The lowest BCUT2D eigenvalue weighted by molar-refractivity contribution is 0.561. The molecule has 9 heteroatoms. The summed E-state index contributed by atoms with van der Waals surface area (Å²) in [6.45, 7) is 35.0. The summed E-state index contributed by atoms with van der Waals surface area (Å²) in [7, 11) is 0. The number of aryl methyl sites for hydroxylation is 2. The zero-order valence-corrected chi connectivity index (χ0v) is 77.4. The Hall–Kier alpha value is -13.6. The highest BCUT2D eigenvalue weighted by molar-refractivity contribution is 6.12. The first-order valence-electron chi connectivity index (χ1n) is 48.5. The molecule has 0 aliphatic rings. The average Bonchev–Trinajstić information content (AvgIpc) is 1.65. The fraction of sp³-hybridized carbons (Fsp3) is 0.266. The number of hydrogen-bond donors (Lipinski definition) is 0. The molecule has 9 aromatic heterocycles. The summed E-state index contributed by atoms with van der Waals surface area (Å²) in [4.78, 5) is 24.2. The number of hydrogen-bond acceptors (Lipinski definition) is 5. The second-order valence-corrected chi connectivity index (χ2v) is 38.9. The van der Waals surface area contributed by atoms with Crippen LogP contribution in [-0.2, 0) is 27.1 Å². The molecule has 11 aromatic carbocycles.